The molecule has 0 atom stereocenters. The summed E-state index contributed by atoms with van der Waals surface area (Å²) in [6.07, 6.45) is 0. The highest BCUT2D eigenvalue weighted by atomic mass is 19.2. The van der Waals surface area contributed by atoms with Gasteiger partial charge in [0.05, 0.1) is 11.1 Å². The highest BCUT2D eigenvalue weighted by Gasteiger charge is 2.18. The second-order valence-electron chi connectivity index (χ2n) is 8.12. The van der Waals surface area contributed by atoms with Gasteiger partial charge in [-0.05, 0) is 70.1 Å². The van der Waals surface area contributed by atoms with Crippen molar-refractivity contribution < 1.29 is 45.4 Å². The Bertz CT molecular complexity index is 1610. The fraction of sp³-hybridized carbons (Fsp3) is 0. The largest absolute Gasteiger partial charge is 0.423 e. The zero-order valence-electron chi connectivity index (χ0n) is 18.8. The van der Waals surface area contributed by atoms with Crippen molar-refractivity contribution in [2.45, 2.75) is 0 Å². The predicted molar refractivity (Wildman–Crippen MR) is 124 cm³/mol. The first-order valence-corrected chi connectivity index (χ1v) is 10.8. The maximum Gasteiger partial charge on any atom is 0.343 e. The summed E-state index contributed by atoms with van der Waals surface area (Å²) in [5.41, 5.74) is -1.01. The molecule has 0 N–H and O–H groups in total. The summed E-state index contributed by atoms with van der Waals surface area (Å²) < 4.78 is 90.4. The van der Waals surface area contributed by atoms with Crippen molar-refractivity contribution in [2.75, 3.05) is 0 Å². The number of ether oxygens (including phenoxy) is 2. The van der Waals surface area contributed by atoms with E-state index in [1.54, 1.807) is 24.3 Å². The molecular weight excluding hydrogens is 514 g/mol. The van der Waals surface area contributed by atoms with E-state index in [-0.39, 0.29) is 11.5 Å². The van der Waals surface area contributed by atoms with Crippen LogP contribution in [0.3, 0.4) is 0 Å². The second-order valence-corrected chi connectivity index (χ2v) is 8.12. The van der Waals surface area contributed by atoms with Crippen molar-refractivity contribution in [1.29, 1.82) is 0 Å². The quantitative estimate of drug-likeness (QED) is 0.0813. The van der Waals surface area contributed by atoms with Crippen LogP contribution in [-0.4, -0.2) is 11.9 Å². The standard InChI is InChI=1S/C28H12F6O4/c29-21-9-15(10-22(30)25(21)33)27(35)37-17-3-5-19-13(7-17)1-2-14-8-18(4-6-20(14)19)38-28(36)16-11-23(31)26(34)24(32)12-16/h1-12H. The average molecular weight is 526 g/mol. The Balaban J connectivity index is 1.39. The molecule has 0 amide bonds. The van der Waals surface area contributed by atoms with E-state index in [0.717, 1.165) is 0 Å². The van der Waals surface area contributed by atoms with E-state index in [2.05, 4.69) is 0 Å². The van der Waals surface area contributed by atoms with E-state index in [0.29, 0.717) is 45.8 Å². The summed E-state index contributed by atoms with van der Waals surface area (Å²) >= 11 is 0. The second kappa shape index (κ2) is 9.55. The molecule has 4 nitrogen and oxygen atoms in total. The number of benzene rings is 5. The number of fused-ring (bicyclic) bond motifs is 3. The van der Waals surface area contributed by atoms with Crippen molar-refractivity contribution in [1.82, 2.24) is 0 Å². The van der Waals surface area contributed by atoms with Gasteiger partial charge in [0.1, 0.15) is 11.5 Å². The average Bonchev–Trinajstić information content (AvgIpc) is 2.89. The minimum absolute atomic E-state index is 0.0660. The molecule has 5 aromatic rings. The van der Waals surface area contributed by atoms with E-state index < -0.39 is 58.0 Å². The van der Waals surface area contributed by atoms with Crippen LogP contribution in [0, 0.1) is 34.9 Å². The van der Waals surface area contributed by atoms with Gasteiger partial charge in [0.15, 0.2) is 34.9 Å². The smallest absolute Gasteiger partial charge is 0.343 e. The number of halogens is 6. The normalized spacial score (nSPS) is 11.1. The summed E-state index contributed by atoms with van der Waals surface area (Å²) in [6, 6.07) is 14.6. The Morgan fingerprint density at radius 3 is 1.16 bits per heavy atom. The summed E-state index contributed by atoms with van der Waals surface area (Å²) in [4.78, 5) is 24.6. The van der Waals surface area contributed by atoms with Gasteiger partial charge in [-0.2, -0.15) is 0 Å². The number of carbonyl (C=O) groups excluding carboxylic acids is 2. The molecule has 0 unspecified atom stereocenters. The van der Waals surface area contributed by atoms with Crippen molar-refractivity contribution in [3.63, 3.8) is 0 Å². The van der Waals surface area contributed by atoms with Crippen molar-refractivity contribution in [3.8, 4) is 11.5 Å². The molecule has 38 heavy (non-hydrogen) atoms. The lowest BCUT2D eigenvalue weighted by atomic mass is 10.0. The molecule has 0 aliphatic carbocycles. The monoisotopic (exact) mass is 526 g/mol. The summed E-state index contributed by atoms with van der Waals surface area (Å²) in [5, 5.41) is 2.67. The first kappa shape index (κ1) is 24.8. The molecule has 5 aromatic carbocycles. The molecule has 190 valence electrons. The van der Waals surface area contributed by atoms with Crippen molar-refractivity contribution >= 4 is 33.5 Å². The third kappa shape index (κ3) is 4.63. The first-order valence-electron chi connectivity index (χ1n) is 10.8. The van der Waals surface area contributed by atoms with Gasteiger partial charge in [-0.15, -0.1) is 0 Å². The van der Waals surface area contributed by atoms with E-state index in [9.17, 15) is 35.9 Å². The number of esters is 2. The third-order valence-electron chi connectivity index (χ3n) is 5.64. The van der Waals surface area contributed by atoms with Crippen molar-refractivity contribution in [3.05, 3.63) is 119 Å². The Labute approximate surface area is 209 Å². The van der Waals surface area contributed by atoms with Gasteiger partial charge in [0.25, 0.3) is 0 Å². The maximum absolute atomic E-state index is 13.4. The van der Waals surface area contributed by atoms with Crippen LogP contribution in [0.2, 0.25) is 0 Å². The van der Waals surface area contributed by atoms with Gasteiger partial charge < -0.3 is 9.47 Å². The van der Waals surface area contributed by atoms with Crippen LogP contribution < -0.4 is 9.47 Å². The number of hydrogen-bond acceptors (Lipinski definition) is 4. The van der Waals surface area contributed by atoms with E-state index in [1.807, 2.05) is 0 Å². The Hall–Kier alpha value is -4.86. The number of hydrogen-bond donors (Lipinski definition) is 0. The lowest BCUT2D eigenvalue weighted by Gasteiger charge is -2.10. The topological polar surface area (TPSA) is 52.6 Å². The number of carbonyl (C=O) groups is 2. The predicted octanol–water partition coefficient (Wildman–Crippen LogP) is 7.27. The molecule has 0 radical (unpaired) electrons. The van der Waals surface area contributed by atoms with Crippen LogP contribution in [0.25, 0.3) is 21.5 Å². The van der Waals surface area contributed by atoms with Crippen LogP contribution >= 0.6 is 0 Å². The Kier molecular flexibility index (Phi) is 6.23. The number of rotatable bonds is 4. The molecule has 0 spiro atoms. The summed E-state index contributed by atoms with van der Waals surface area (Å²) in [7, 11) is 0. The molecule has 0 saturated carbocycles. The molecule has 0 aliphatic heterocycles. The SMILES string of the molecule is O=C(Oc1ccc2c(ccc3cc(OC(=O)c4cc(F)c(F)c(F)c4)ccc32)c1)c1cc(F)c(F)c(F)c1. The maximum atomic E-state index is 13.4. The summed E-state index contributed by atoms with van der Waals surface area (Å²) in [5.74, 6) is -11.5. The molecule has 0 saturated heterocycles. The zero-order chi connectivity index (χ0) is 27.1. The molecule has 0 aliphatic rings. The fourth-order valence-corrected chi connectivity index (χ4v) is 3.83. The third-order valence-corrected chi connectivity index (χ3v) is 5.64. The van der Waals surface area contributed by atoms with Crippen LogP contribution in [0.4, 0.5) is 26.3 Å². The summed E-state index contributed by atoms with van der Waals surface area (Å²) in [6.45, 7) is 0. The molecule has 0 fully saturated rings. The first-order chi connectivity index (χ1) is 18.1. The van der Waals surface area contributed by atoms with E-state index >= 15 is 0 Å². The van der Waals surface area contributed by atoms with Crippen molar-refractivity contribution in [2.24, 2.45) is 0 Å². The Morgan fingerprint density at radius 2 is 0.816 bits per heavy atom. The molecule has 0 aromatic heterocycles. The fourth-order valence-electron chi connectivity index (χ4n) is 3.83. The highest BCUT2D eigenvalue weighted by molar-refractivity contribution is 6.08. The van der Waals surface area contributed by atoms with Gasteiger partial charge in [0, 0.05) is 0 Å². The minimum Gasteiger partial charge on any atom is -0.423 e. The lowest BCUT2D eigenvalue weighted by molar-refractivity contribution is 0.0724. The molecule has 0 bridgehead atoms. The molecule has 5 rings (SSSR count). The van der Waals surface area contributed by atoms with Gasteiger partial charge in [-0.1, -0.05) is 24.3 Å². The van der Waals surface area contributed by atoms with Crippen LogP contribution in [0.15, 0.2) is 72.8 Å². The van der Waals surface area contributed by atoms with E-state index in [1.165, 1.54) is 24.3 Å². The minimum atomic E-state index is -1.70. The van der Waals surface area contributed by atoms with Gasteiger partial charge in [-0.25, -0.2) is 35.9 Å². The van der Waals surface area contributed by atoms with Crippen LogP contribution in [0.5, 0.6) is 11.5 Å². The highest BCUT2D eigenvalue weighted by Crippen LogP contribution is 2.31. The molecule has 0 heterocycles. The lowest BCUT2D eigenvalue weighted by Crippen LogP contribution is -2.10. The van der Waals surface area contributed by atoms with E-state index in [4.69, 9.17) is 9.47 Å². The zero-order valence-corrected chi connectivity index (χ0v) is 18.8. The van der Waals surface area contributed by atoms with Gasteiger partial charge in [0.2, 0.25) is 0 Å². The molecular formula is C28H12F6O4. The Morgan fingerprint density at radius 1 is 0.474 bits per heavy atom. The van der Waals surface area contributed by atoms with Gasteiger partial charge in [-0.3, -0.25) is 0 Å². The van der Waals surface area contributed by atoms with Crippen LogP contribution in [0.1, 0.15) is 20.7 Å². The van der Waals surface area contributed by atoms with Gasteiger partial charge >= 0.3 is 11.9 Å². The van der Waals surface area contributed by atoms with Crippen LogP contribution in [-0.2, 0) is 0 Å². The molecule has 10 heteroatoms.